The Hall–Kier alpha value is -2.43. The van der Waals surface area contributed by atoms with Crippen LogP contribution in [0.15, 0.2) is 42.9 Å². The smallest absolute Gasteiger partial charge is 0.260 e. The minimum absolute atomic E-state index is 0.0368. The zero-order valence-electron chi connectivity index (χ0n) is 9.24. The van der Waals surface area contributed by atoms with Crippen LogP contribution in [0.5, 0.6) is 5.75 Å². The zero-order chi connectivity index (χ0) is 12.3. The maximum absolute atomic E-state index is 12.0. The van der Waals surface area contributed by atoms with Gasteiger partial charge in [-0.25, -0.2) is 4.98 Å². The highest BCUT2D eigenvalue weighted by atomic mass is 16.3. The van der Waals surface area contributed by atoms with Crippen molar-refractivity contribution >= 4 is 11.7 Å². The molecule has 0 aliphatic heterocycles. The Morgan fingerprint density at radius 2 is 2.18 bits per heavy atom. The van der Waals surface area contributed by atoms with Crippen LogP contribution in [0.2, 0.25) is 0 Å². The lowest BCUT2D eigenvalue weighted by Crippen LogP contribution is -2.27. The molecule has 2 rings (SSSR count). The fraction of sp³-hybridized carbons (Fsp3) is 0.0833. The van der Waals surface area contributed by atoms with Crippen LogP contribution in [0.3, 0.4) is 0 Å². The second kappa shape index (κ2) is 4.61. The van der Waals surface area contributed by atoms with Crippen LogP contribution in [0, 0.1) is 0 Å². The summed E-state index contributed by atoms with van der Waals surface area (Å²) in [5.74, 6) is 0.234. The molecule has 1 N–H and O–H groups in total. The lowest BCUT2D eigenvalue weighted by Gasteiger charge is -2.15. The van der Waals surface area contributed by atoms with Crippen molar-refractivity contribution in [2.45, 2.75) is 0 Å². The van der Waals surface area contributed by atoms with E-state index in [0.717, 1.165) is 0 Å². The van der Waals surface area contributed by atoms with E-state index in [1.54, 1.807) is 31.4 Å². The Labute approximate surface area is 98.4 Å². The van der Waals surface area contributed by atoms with E-state index in [1.807, 2.05) is 0 Å². The van der Waals surface area contributed by atoms with Crippen LogP contribution in [-0.4, -0.2) is 28.0 Å². The minimum atomic E-state index is -0.271. The van der Waals surface area contributed by atoms with Crippen molar-refractivity contribution in [3.63, 3.8) is 0 Å². The third kappa shape index (κ3) is 2.39. The molecule has 5 nitrogen and oxygen atoms in total. The summed E-state index contributed by atoms with van der Waals surface area (Å²) in [5, 5.41) is 9.27. The monoisotopic (exact) mass is 229 g/mol. The van der Waals surface area contributed by atoms with Crippen molar-refractivity contribution in [1.29, 1.82) is 0 Å². The molecule has 86 valence electrons. The van der Waals surface area contributed by atoms with E-state index in [4.69, 9.17) is 0 Å². The van der Waals surface area contributed by atoms with Gasteiger partial charge in [0.05, 0.1) is 11.8 Å². The van der Waals surface area contributed by atoms with Gasteiger partial charge in [-0.1, -0.05) is 6.07 Å². The predicted molar refractivity (Wildman–Crippen MR) is 62.9 cm³/mol. The van der Waals surface area contributed by atoms with Crippen LogP contribution < -0.4 is 4.90 Å². The van der Waals surface area contributed by atoms with Gasteiger partial charge < -0.3 is 5.11 Å². The second-order valence-electron chi connectivity index (χ2n) is 3.48. The Kier molecular flexibility index (Phi) is 3.00. The molecule has 0 unspecified atom stereocenters. The van der Waals surface area contributed by atoms with Gasteiger partial charge >= 0.3 is 0 Å². The molecule has 0 aliphatic carbocycles. The molecule has 0 aliphatic rings. The summed E-state index contributed by atoms with van der Waals surface area (Å²) in [6.45, 7) is 0. The summed E-state index contributed by atoms with van der Waals surface area (Å²) in [6.07, 6.45) is 4.29. The van der Waals surface area contributed by atoms with Crippen molar-refractivity contribution in [1.82, 2.24) is 9.97 Å². The Bertz CT molecular complexity index is 528. The average molecular weight is 229 g/mol. The van der Waals surface area contributed by atoms with Gasteiger partial charge in [-0.3, -0.25) is 14.7 Å². The topological polar surface area (TPSA) is 66.3 Å². The van der Waals surface area contributed by atoms with Gasteiger partial charge in [-0.05, 0) is 18.2 Å². The molecular weight excluding hydrogens is 218 g/mol. The molecule has 0 fully saturated rings. The molecule has 2 heterocycles. The number of amides is 1. The Morgan fingerprint density at radius 3 is 2.82 bits per heavy atom. The quantitative estimate of drug-likeness (QED) is 0.846. The van der Waals surface area contributed by atoms with Crippen LogP contribution in [0.25, 0.3) is 0 Å². The number of hydrogen-bond acceptors (Lipinski definition) is 4. The average Bonchev–Trinajstić information content (AvgIpc) is 2.38. The number of pyridine rings is 2. The summed E-state index contributed by atoms with van der Waals surface area (Å²) < 4.78 is 0. The van der Waals surface area contributed by atoms with Crippen LogP contribution >= 0.6 is 0 Å². The lowest BCUT2D eigenvalue weighted by atomic mass is 10.2. The normalized spacial score (nSPS) is 9.94. The highest BCUT2D eigenvalue weighted by Gasteiger charge is 2.14. The molecule has 1 amide bonds. The molecule has 5 heteroatoms. The number of hydrogen-bond donors (Lipinski definition) is 1. The molecular formula is C12H11N3O2. The zero-order valence-corrected chi connectivity index (χ0v) is 9.24. The fourth-order valence-electron chi connectivity index (χ4n) is 1.39. The number of aromatic hydroxyl groups is 1. The first kappa shape index (κ1) is 11.1. The lowest BCUT2D eigenvalue weighted by molar-refractivity contribution is 0.0991. The summed E-state index contributed by atoms with van der Waals surface area (Å²) in [4.78, 5) is 21.3. The largest absolute Gasteiger partial charge is 0.506 e. The second-order valence-corrected chi connectivity index (χ2v) is 3.48. The first-order valence-electron chi connectivity index (χ1n) is 5.01. The van der Waals surface area contributed by atoms with Gasteiger partial charge in [0, 0.05) is 19.4 Å². The third-order valence-corrected chi connectivity index (χ3v) is 2.27. The highest BCUT2D eigenvalue weighted by molar-refractivity contribution is 6.05. The number of rotatable bonds is 2. The van der Waals surface area contributed by atoms with Gasteiger partial charge in [-0.2, -0.15) is 0 Å². The molecule has 0 saturated heterocycles. The van der Waals surface area contributed by atoms with E-state index in [2.05, 4.69) is 9.97 Å². The van der Waals surface area contributed by atoms with E-state index in [1.165, 1.54) is 23.4 Å². The first-order chi connectivity index (χ1) is 8.18. The molecule has 0 spiro atoms. The Morgan fingerprint density at radius 1 is 1.35 bits per heavy atom. The van der Waals surface area contributed by atoms with Gasteiger partial charge in [0.2, 0.25) is 0 Å². The minimum Gasteiger partial charge on any atom is -0.506 e. The third-order valence-electron chi connectivity index (χ3n) is 2.27. The first-order valence-corrected chi connectivity index (χ1v) is 5.01. The molecule has 17 heavy (non-hydrogen) atoms. The number of aromatic nitrogens is 2. The van der Waals surface area contributed by atoms with Crippen molar-refractivity contribution < 1.29 is 9.90 Å². The van der Waals surface area contributed by atoms with E-state index in [-0.39, 0.29) is 11.7 Å². The molecule has 0 radical (unpaired) electrons. The summed E-state index contributed by atoms with van der Waals surface area (Å²) in [6, 6.07) is 6.67. The van der Waals surface area contributed by atoms with Crippen molar-refractivity contribution in [3.05, 3.63) is 48.4 Å². The predicted octanol–water partition coefficient (Wildman–Crippen LogP) is 1.46. The van der Waals surface area contributed by atoms with E-state index in [0.29, 0.717) is 11.4 Å². The number of carbonyl (C=O) groups excluding carboxylic acids is 1. The Balaban J connectivity index is 2.27. The van der Waals surface area contributed by atoms with Crippen LogP contribution in [-0.2, 0) is 0 Å². The summed E-state index contributed by atoms with van der Waals surface area (Å²) >= 11 is 0. The van der Waals surface area contributed by atoms with Crippen LogP contribution in [0.1, 0.15) is 10.4 Å². The standard InChI is InChI=1S/C12H11N3O2/c1-15(11-4-2-3-5-14-11)12(17)9-6-10(16)8-13-7-9/h2-8,16H,1H3. The van der Waals surface area contributed by atoms with Crippen molar-refractivity contribution in [2.75, 3.05) is 11.9 Å². The maximum Gasteiger partial charge on any atom is 0.260 e. The highest BCUT2D eigenvalue weighted by Crippen LogP contribution is 2.14. The van der Waals surface area contributed by atoms with Gasteiger partial charge in [0.15, 0.2) is 0 Å². The fourth-order valence-corrected chi connectivity index (χ4v) is 1.39. The molecule has 0 atom stereocenters. The molecule has 0 saturated carbocycles. The van der Waals surface area contributed by atoms with Gasteiger partial charge in [-0.15, -0.1) is 0 Å². The molecule has 2 aromatic rings. The van der Waals surface area contributed by atoms with E-state index in [9.17, 15) is 9.90 Å². The number of anilines is 1. The summed E-state index contributed by atoms with van der Waals surface area (Å²) in [5.41, 5.74) is 0.318. The molecule has 0 aromatic carbocycles. The SMILES string of the molecule is CN(C(=O)c1cncc(O)c1)c1ccccn1. The number of nitrogens with zero attached hydrogens (tertiary/aromatic N) is 3. The van der Waals surface area contributed by atoms with Gasteiger partial charge in [0.1, 0.15) is 11.6 Å². The van der Waals surface area contributed by atoms with E-state index >= 15 is 0 Å². The molecule has 0 bridgehead atoms. The van der Waals surface area contributed by atoms with Crippen molar-refractivity contribution in [3.8, 4) is 5.75 Å². The summed E-state index contributed by atoms with van der Waals surface area (Å²) in [7, 11) is 1.62. The van der Waals surface area contributed by atoms with Gasteiger partial charge in [0.25, 0.3) is 5.91 Å². The number of carbonyl (C=O) groups is 1. The maximum atomic E-state index is 12.0. The van der Waals surface area contributed by atoms with Crippen molar-refractivity contribution in [2.24, 2.45) is 0 Å². The van der Waals surface area contributed by atoms with Crippen LogP contribution in [0.4, 0.5) is 5.82 Å². The van der Waals surface area contributed by atoms with E-state index < -0.39 is 0 Å². The molecule has 2 aromatic heterocycles.